The molecule has 0 bridgehead atoms. The molecule has 0 aliphatic carbocycles. The molecule has 4 nitrogen and oxygen atoms in total. The number of Topliss-reactive ketones (excluding diaryl/α,β-unsaturated/α-hetero) is 1. The van der Waals surface area contributed by atoms with E-state index in [4.69, 9.17) is 0 Å². The van der Waals surface area contributed by atoms with Crippen molar-refractivity contribution in [3.05, 3.63) is 48.3 Å². The number of benzene rings is 1. The quantitative estimate of drug-likeness (QED) is 0.435. The largest absolute Gasteiger partial charge is 0.508 e. The fourth-order valence-electron chi connectivity index (χ4n) is 2.09. The standard InChI is InChI=1S/C17H20N2O2S/c20-15(13-14-7-3-4-9-16(14)21)8-2-1-5-12-22-17-18-10-6-11-19-17/h3-4,6-7,9-11,21H,1-2,5,8,12-13H2. The van der Waals surface area contributed by atoms with Gasteiger partial charge in [0, 0.05) is 36.6 Å². The lowest BCUT2D eigenvalue weighted by Crippen LogP contribution is -2.02. The van der Waals surface area contributed by atoms with E-state index in [1.54, 1.807) is 48.4 Å². The second kappa shape index (κ2) is 9.20. The number of hydrogen-bond donors (Lipinski definition) is 1. The maximum absolute atomic E-state index is 11.9. The third-order valence-corrected chi connectivity index (χ3v) is 4.21. The van der Waals surface area contributed by atoms with Gasteiger partial charge in [0.05, 0.1) is 0 Å². The zero-order chi connectivity index (χ0) is 15.6. The molecule has 0 amide bonds. The molecule has 0 fully saturated rings. The lowest BCUT2D eigenvalue weighted by atomic mass is 10.0. The molecule has 1 heterocycles. The second-order valence-corrected chi connectivity index (χ2v) is 6.10. The summed E-state index contributed by atoms with van der Waals surface area (Å²) in [6.45, 7) is 0. The van der Waals surface area contributed by atoms with E-state index in [-0.39, 0.29) is 11.5 Å². The Balaban J connectivity index is 1.57. The highest BCUT2D eigenvalue weighted by molar-refractivity contribution is 7.99. The maximum Gasteiger partial charge on any atom is 0.187 e. The van der Waals surface area contributed by atoms with Crippen LogP contribution in [0.2, 0.25) is 0 Å². The van der Waals surface area contributed by atoms with Crippen molar-refractivity contribution in [3.8, 4) is 5.75 Å². The lowest BCUT2D eigenvalue weighted by molar-refractivity contribution is -0.118. The number of rotatable bonds is 9. The number of phenols is 1. The van der Waals surface area contributed by atoms with Crippen molar-refractivity contribution in [3.63, 3.8) is 0 Å². The molecule has 1 N–H and O–H groups in total. The SMILES string of the molecule is O=C(CCCCCSc1ncccn1)Cc1ccccc1O. The van der Waals surface area contributed by atoms with Crippen LogP contribution in [0.1, 0.15) is 31.2 Å². The Hall–Kier alpha value is -1.88. The van der Waals surface area contributed by atoms with Crippen molar-refractivity contribution in [2.75, 3.05) is 5.75 Å². The minimum Gasteiger partial charge on any atom is -0.508 e. The molecule has 116 valence electrons. The minimum atomic E-state index is 0.181. The molecule has 0 saturated heterocycles. The Morgan fingerprint density at radius 3 is 2.59 bits per heavy atom. The van der Waals surface area contributed by atoms with Crippen LogP contribution in [0.5, 0.6) is 5.75 Å². The van der Waals surface area contributed by atoms with Crippen LogP contribution in [0, 0.1) is 0 Å². The van der Waals surface area contributed by atoms with Gasteiger partial charge in [-0.15, -0.1) is 0 Å². The summed E-state index contributed by atoms with van der Waals surface area (Å²) in [6.07, 6.45) is 7.34. The summed E-state index contributed by atoms with van der Waals surface area (Å²) in [7, 11) is 0. The molecule has 0 saturated carbocycles. The van der Waals surface area contributed by atoms with Crippen LogP contribution in [0.25, 0.3) is 0 Å². The first kappa shape index (κ1) is 16.5. The van der Waals surface area contributed by atoms with Crippen molar-refractivity contribution in [2.24, 2.45) is 0 Å². The molecule has 1 aromatic heterocycles. The average molecular weight is 316 g/mol. The second-order valence-electron chi connectivity index (χ2n) is 5.03. The molecule has 0 aliphatic heterocycles. The van der Waals surface area contributed by atoms with Crippen LogP contribution < -0.4 is 0 Å². The van der Waals surface area contributed by atoms with E-state index < -0.39 is 0 Å². The normalized spacial score (nSPS) is 10.5. The summed E-state index contributed by atoms with van der Waals surface area (Å²) in [5, 5.41) is 10.4. The van der Waals surface area contributed by atoms with Gasteiger partial charge < -0.3 is 5.11 Å². The molecule has 22 heavy (non-hydrogen) atoms. The first-order valence-corrected chi connectivity index (χ1v) is 8.42. The number of phenolic OH excluding ortho intramolecular Hbond substituents is 1. The fraction of sp³-hybridized carbons (Fsp3) is 0.353. The number of thioether (sulfide) groups is 1. The van der Waals surface area contributed by atoms with E-state index in [9.17, 15) is 9.90 Å². The summed E-state index contributed by atoms with van der Waals surface area (Å²) >= 11 is 1.64. The number of para-hydroxylation sites is 1. The predicted molar refractivity (Wildman–Crippen MR) is 88.0 cm³/mol. The van der Waals surface area contributed by atoms with Crippen molar-refractivity contribution in [1.29, 1.82) is 0 Å². The monoisotopic (exact) mass is 316 g/mol. The first-order valence-electron chi connectivity index (χ1n) is 7.44. The van der Waals surface area contributed by atoms with Gasteiger partial charge in [0.1, 0.15) is 11.5 Å². The number of ketones is 1. The van der Waals surface area contributed by atoms with E-state index >= 15 is 0 Å². The van der Waals surface area contributed by atoms with Crippen LogP contribution in [0.4, 0.5) is 0 Å². The highest BCUT2D eigenvalue weighted by Crippen LogP contribution is 2.18. The summed E-state index contributed by atoms with van der Waals surface area (Å²) in [5.41, 5.74) is 0.712. The first-order chi connectivity index (χ1) is 10.8. The van der Waals surface area contributed by atoms with Gasteiger partial charge in [0.25, 0.3) is 0 Å². The number of nitrogens with zero attached hydrogens (tertiary/aromatic N) is 2. The van der Waals surface area contributed by atoms with E-state index in [1.807, 2.05) is 6.07 Å². The summed E-state index contributed by atoms with van der Waals surface area (Å²) < 4.78 is 0. The van der Waals surface area contributed by atoms with Crippen molar-refractivity contribution in [2.45, 2.75) is 37.3 Å². The number of aromatic nitrogens is 2. The highest BCUT2D eigenvalue weighted by Gasteiger charge is 2.07. The molecule has 2 rings (SSSR count). The summed E-state index contributed by atoms with van der Waals surface area (Å²) in [4.78, 5) is 20.2. The Morgan fingerprint density at radius 2 is 1.82 bits per heavy atom. The van der Waals surface area contributed by atoms with Gasteiger partial charge in [-0.2, -0.15) is 0 Å². The minimum absolute atomic E-state index is 0.181. The molecule has 0 spiro atoms. The molecule has 2 aromatic rings. The molecule has 0 radical (unpaired) electrons. The molecule has 0 aliphatic rings. The fourth-order valence-corrected chi connectivity index (χ4v) is 2.89. The zero-order valence-corrected chi connectivity index (χ0v) is 13.3. The molecule has 5 heteroatoms. The van der Waals surface area contributed by atoms with E-state index in [0.717, 1.165) is 30.2 Å². The molecule has 0 atom stereocenters. The third-order valence-electron chi connectivity index (χ3n) is 3.25. The smallest absolute Gasteiger partial charge is 0.187 e. The zero-order valence-electron chi connectivity index (χ0n) is 12.4. The van der Waals surface area contributed by atoms with E-state index in [2.05, 4.69) is 9.97 Å². The van der Waals surface area contributed by atoms with Gasteiger partial charge in [0.2, 0.25) is 0 Å². The Labute approximate surface area is 135 Å². The van der Waals surface area contributed by atoms with Gasteiger partial charge in [-0.1, -0.05) is 36.4 Å². The van der Waals surface area contributed by atoms with Crippen molar-refractivity contribution < 1.29 is 9.90 Å². The number of carbonyl (C=O) groups excluding carboxylic acids is 1. The van der Waals surface area contributed by atoms with Gasteiger partial charge in [-0.3, -0.25) is 4.79 Å². The van der Waals surface area contributed by atoms with Crippen LogP contribution in [0.3, 0.4) is 0 Å². The maximum atomic E-state index is 11.9. The molecule has 0 unspecified atom stereocenters. The Kier molecular flexibility index (Phi) is 6.90. The van der Waals surface area contributed by atoms with Gasteiger partial charge in [-0.05, 0) is 25.0 Å². The Bertz CT molecular complexity index is 590. The third kappa shape index (κ3) is 5.85. The lowest BCUT2D eigenvalue weighted by Gasteiger charge is -2.04. The average Bonchev–Trinajstić information content (AvgIpc) is 2.54. The predicted octanol–water partition coefficient (Wildman–Crippen LogP) is 3.65. The van der Waals surface area contributed by atoms with E-state index in [0.29, 0.717) is 18.4 Å². The van der Waals surface area contributed by atoms with Crippen LogP contribution in [-0.2, 0) is 11.2 Å². The number of carbonyl (C=O) groups is 1. The molecular weight excluding hydrogens is 296 g/mol. The Morgan fingerprint density at radius 1 is 1.05 bits per heavy atom. The molecular formula is C17H20N2O2S. The topological polar surface area (TPSA) is 63.1 Å². The van der Waals surface area contributed by atoms with Gasteiger partial charge in [-0.25, -0.2) is 9.97 Å². The van der Waals surface area contributed by atoms with Crippen molar-refractivity contribution in [1.82, 2.24) is 9.97 Å². The highest BCUT2D eigenvalue weighted by atomic mass is 32.2. The van der Waals surface area contributed by atoms with Gasteiger partial charge >= 0.3 is 0 Å². The number of unbranched alkanes of at least 4 members (excludes halogenated alkanes) is 2. The van der Waals surface area contributed by atoms with E-state index in [1.165, 1.54) is 0 Å². The van der Waals surface area contributed by atoms with Crippen molar-refractivity contribution >= 4 is 17.5 Å². The number of hydrogen-bond acceptors (Lipinski definition) is 5. The van der Waals surface area contributed by atoms with Crippen LogP contribution in [-0.4, -0.2) is 26.6 Å². The summed E-state index contributed by atoms with van der Waals surface area (Å²) in [5.74, 6) is 1.35. The van der Waals surface area contributed by atoms with Crippen LogP contribution >= 0.6 is 11.8 Å². The molecule has 1 aromatic carbocycles. The van der Waals surface area contributed by atoms with Crippen LogP contribution in [0.15, 0.2) is 47.9 Å². The number of aromatic hydroxyl groups is 1. The summed E-state index contributed by atoms with van der Waals surface area (Å²) in [6, 6.07) is 8.82. The van der Waals surface area contributed by atoms with Gasteiger partial charge in [0.15, 0.2) is 5.16 Å².